The van der Waals surface area contributed by atoms with Crippen LogP contribution in [0.3, 0.4) is 0 Å². The van der Waals surface area contributed by atoms with Crippen LogP contribution in [-0.4, -0.2) is 30.9 Å². The average molecular weight is 291 g/mol. The maximum atomic E-state index is 12.4. The molecule has 1 atom stereocenters. The molecule has 0 fully saturated rings. The van der Waals surface area contributed by atoms with Crippen LogP contribution < -0.4 is 0 Å². The molecule has 0 bridgehead atoms. The molecule has 0 radical (unpaired) electrons. The van der Waals surface area contributed by atoms with Crippen molar-refractivity contribution in [3.63, 3.8) is 0 Å². The Morgan fingerprint density at radius 3 is 2.39 bits per heavy atom. The van der Waals surface area contributed by atoms with E-state index in [-0.39, 0.29) is 22.3 Å². The van der Waals surface area contributed by atoms with Gasteiger partial charge in [-0.25, -0.2) is 8.42 Å². The number of aliphatic hydroxyl groups is 1. The minimum Gasteiger partial charge on any atom is -0.392 e. The van der Waals surface area contributed by atoms with Crippen molar-refractivity contribution in [2.75, 3.05) is 7.05 Å². The van der Waals surface area contributed by atoms with Crippen LogP contribution in [0, 0.1) is 5.41 Å². The number of hydrogen-bond acceptors (Lipinski definition) is 4. The van der Waals surface area contributed by atoms with Crippen molar-refractivity contribution in [2.45, 2.75) is 44.6 Å². The number of hydrogen-bond donors (Lipinski definition) is 1. The van der Waals surface area contributed by atoms with E-state index < -0.39 is 10.0 Å². The van der Waals surface area contributed by atoms with E-state index >= 15 is 0 Å². The quantitative estimate of drug-likeness (QED) is 0.926. The first-order chi connectivity index (χ1) is 8.10. The van der Waals surface area contributed by atoms with Crippen molar-refractivity contribution < 1.29 is 13.5 Å². The van der Waals surface area contributed by atoms with Crippen LogP contribution in [0.25, 0.3) is 0 Å². The maximum Gasteiger partial charge on any atom is 0.252 e. The Morgan fingerprint density at radius 1 is 1.44 bits per heavy atom. The zero-order valence-corrected chi connectivity index (χ0v) is 13.1. The van der Waals surface area contributed by atoms with Crippen LogP contribution in [0.4, 0.5) is 0 Å². The molecular formula is C12H21NO3S2. The van der Waals surface area contributed by atoms with Gasteiger partial charge < -0.3 is 5.11 Å². The summed E-state index contributed by atoms with van der Waals surface area (Å²) in [5, 5.41) is 10.7. The summed E-state index contributed by atoms with van der Waals surface area (Å²) in [5.74, 6) is 0. The zero-order chi connectivity index (χ0) is 14.1. The lowest BCUT2D eigenvalue weighted by atomic mass is 9.88. The van der Waals surface area contributed by atoms with Gasteiger partial charge in [0.1, 0.15) is 4.21 Å². The van der Waals surface area contributed by atoms with Crippen LogP contribution in [0.5, 0.6) is 0 Å². The normalized spacial score (nSPS) is 15.1. The minimum absolute atomic E-state index is 0.109. The van der Waals surface area contributed by atoms with Crippen molar-refractivity contribution in [1.82, 2.24) is 4.31 Å². The molecule has 1 unspecified atom stereocenters. The Hall–Kier alpha value is -0.430. The second-order valence-corrected chi connectivity index (χ2v) is 8.63. The summed E-state index contributed by atoms with van der Waals surface area (Å²) < 4.78 is 26.5. The van der Waals surface area contributed by atoms with E-state index in [1.807, 2.05) is 27.7 Å². The van der Waals surface area contributed by atoms with E-state index in [1.165, 1.54) is 10.4 Å². The van der Waals surface area contributed by atoms with Gasteiger partial charge >= 0.3 is 0 Å². The van der Waals surface area contributed by atoms with E-state index in [4.69, 9.17) is 5.11 Å². The monoisotopic (exact) mass is 291 g/mol. The van der Waals surface area contributed by atoms with Crippen LogP contribution in [-0.2, 0) is 16.6 Å². The highest BCUT2D eigenvalue weighted by Crippen LogP contribution is 2.30. The smallest absolute Gasteiger partial charge is 0.252 e. The van der Waals surface area contributed by atoms with Crippen LogP contribution in [0.2, 0.25) is 0 Å². The third-order valence-electron chi connectivity index (χ3n) is 3.24. The van der Waals surface area contributed by atoms with Gasteiger partial charge in [0.15, 0.2) is 0 Å². The highest BCUT2D eigenvalue weighted by molar-refractivity contribution is 7.91. The van der Waals surface area contributed by atoms with Gasteiger partial charge in [0.2, 0.25) is 0 Å². The molecule has 0 aliphatic heterocycles. The third-order valence-corrected chi connectivity index (χ3v) is 6.64. The van der Waals surface area contributed by atoms with Gasteiger partial charge in [-0.05, 0) is 29.3 Å². The second kappa shape index (κ2) is 5.28. The van der Waals surface area contributed by atoms with E-state index in [0.29, 0.717) is 5.56 Å². The Balaban J connectivity index is 3.07. The number of thiophene rings is 1. The Bertz CT molecular complexity index is 500. The highest BCUT2D eigenvalue weighted by atomic mass is 32.2. The summed E-state index contributed by atoms with van der Waals surface area (Å²) in [6, 6.07) is 1.42. The number of nitrogens with zero attached hydrogens (tertiary/aromatic N) is 1. The van der Waals surface area contributed by atoms with Gasteiger partial charge in [-0.2, -0.15) is 4.31 Å². The number of aliphatic hydroxyl groups excluding tert-OH is 1. The summed E-state index contributed by atoms with van der Waals surface area (Å²) >= 11 is 1.15. The van der Waals surface area contributed by atoms with Crippen molar-refractivity contribution in [1.29, 1.82) is 0 Å². The van der Waals surface area contributed by atoms with Crippen molar-refractivity contribution in [2.24, 2.45) is 5.41 Å². The number of sulfonamides is 1. The average Bonchev–Trinajstić information content (AvgIpc) is 2.74. The second-order valence-electron chi connectivity index (χ2n) is 5.50. The topological polar surface area (TPSA) is 57.6 Å². The molecule has 1 heterocycles. The van der Waals surface area contributed by atoms with E-state index in [9.17, 15) is 8.42 Å². The molecule has 6 heteroatoms. The molecule has 1 aromatic heterocycles. The summed E-state index contributed by atoms with van der Waals surface area (Å²) in [7, 11) is -1.87. The third kappa shape index (κ3) is 3.12. The van der Waals surface area contributed by atoms with Crippen molar-refractivity contribution in [3.8, 4) is 0 Å². The summed E-state index contributed by atoms with van der Waals surface area (Å²) in [5.41, 5.74) is 0.509. The fourth-order valence-corrected chi connectivity index (χ4v) is 4.40. The molecule has 0 aliphatic rings. The zero-order valence-electron chi connectivity index (χ0n) is 11.5. The van der Waals surface area contributed by atoms with E-state index in [2.05, 4.69) is 0 Å². The van der Waals surface area contributed by atoms with Crippen LogP contribution >= 0.6 is 11.3 Å². The van der Waals surface area contributed by atoms with Gasteiger partial charge in [-0.1, -0.05) is 20.8 Å². The molecule has 1 N–H and O–H groups in total. The predicted octanol–water partition coefficient (Wildman–Crippen LogP) is 2.30. The molecule has 0 saturated heterocycles. The molecule has 0 aromatic carbocycles. The fourth-order valence-electron chi connectivity index (χ4n) is 1.47. The molecule has 1 aromatic rings. The summed E-state index contributed by atoms with van der Waals surface area (Å²) in [6.45, 7) is 7.80. The highest BCUT2D eigenvalue weighted by Gasteiger charge is 2.33. The molecule has 0 saturated carbocycles. The molecule has 1 rings (SSSR count). The summed E-state index contributed by atoms with van der Waals surface area (Å²) in [4.78, 5) is 0. The molecule has 0 amide bonds. The first-order valence-corrected chi connectivity index (χ1v) is 8.09. The molecular weight excluding hydrogens is 270 g/mol. The van der Waals surface area contributed by atoms with E-state index in [0.717, 1.165) is 11.3 Å². The lowest BCUT2D eigenvalue weighted by molar-refractivity contribution is 0.217. The summed E-state index contributed by atoms with van der Waals surface area (Å²) in [6.07, 6.45) is 0. The SMILES string of the molecule is CC(N(C)S(=O)(=O)c1cc(CO)cs1)C(C)(C)C. The van der Waals surface area contributed by atoms with Crippen LogP contribution in [0.15, 0.2) is 15.7 Å². The minimum atomic E-state index is -3.47. The van der Waals surface area contributed by atoms with Crippen molar-refractivity contribution >= 4 is 21.4 Å². The Kier molecular flexibility index (Phi) is 4.59. The Labute approximate surface area is 113 Å². The Morgan fingerprint density at radius 2 is 2.00 bits per heavy atom. The van der Waals surface area contributed by atoms with Gasteiger partial charge in [-0.15, -0.1) is 11.3 Å². The van der Waals surface area contributed by atoms with E-state index in [1.54, 1.807) is 12.4 Å². The molecule has 18 heavy (non-hydrogen) atoms. The molecule has 4 nitrogen and oxygen atoms in total. The first kappa shape index (κ1) is 15.6. The number of rotatable bonds is 4. The van der Waals surface area contributed by atoms with Crippen LogP contribution in [0.1, 0.15) is 33.3 Å². The lowest BCUT2D eigenvalue weighted by Gasteiger charge is -2.34. The molecule has 0 aliphatic carbocycles. The molecule has 0 spiro atoms. The van der Waals surface area contributed by atoms with Gasteiger partial charge in [0, 0.05) is 13.1 Å². The lowest BCUT2D eigenvalue weighted by Crippen LogP contribution is -2.42. The van der Waals surface area contributed by atoms with Gasteiger partial charge in [0.05, 0.1) is 6.61 Å². The van der Waals surface area contributed by atoms with Crippen molar-refractivity contribution in [3.05, 3.63) is 17.0 Å². The largest absolute Gasteiger partial charge is 0.392 e. The molecule has 104 valence electrons. The fraction of sp³-hybridized carbons (Fsp3) is 0.667. The standard InChI is InChI=1S/C12H21NO3S2/c1-9(12(2,3)4)13(5)18(15,16)11-6-10(7-14)8-17-11/h6,8-9,14H,7H2,1-5H3. The van der Waals surface area contributed by atoms with Gasteiger partial charge in [0.25, 0.3) is 10.0 Å². The predicted molar refractivity (Wildman–Crippen MR) is 74.1 cm³/mol. The first-order valence-electron chi connectivity index (χ1n) is 5.77. The van der Waals surface area contributed by atoms with Gasteiger partial charge in [-0.3, -0.25) is 0 Å². The maximum absolute atomic E-state index is 12.4.